The molecule has 3 rings (SSSR count). The van der Waals surface area contributed by atoms with Gasteiger partial charge in [-0.1, -0.05) is 30.3 Å². The minimum Gasteiger partial charge on any atom is -0.308 e. The second-order valence-corrected chi connectivity index (χ2v) is 6.93. The molecule has 6 nitrogen and oxygen atoms in total. The number of rotatable bonds is 4. The van der Waals surface area contributed by atoms with Crippen LogP contribution < -0.4 is 21.3 Å². The summed E-state index contributed by atoms with van der Waals surface area (Å²) in [7, 11) is 0. The number of carbonyl (C=O) groups excluding carboxylic acids is 2. The monoisotopic (exact) mass is 388 g/mol. The highest BCUT2D eigenvalue weighted by Crippen LogP contribution is 2.21. The summed E-state index contributed by atoms with van der Waals surface area (Å²) in [6, 6.07) is 19.8. The van der Waals surface area contributed by atoms with E-state index in [9.17, 15) is 9.59 Å². The quantitative estimate of drug-likeness (QED) is 0.449. The minimum atomic E-state index is -0.352. The van der Waals surface area contributed by atoms with Gasteiger partial charge in [0.05, 0.1) is 0 Å². The van der Waals surface area contributed by atoms with Crippen molar-refractivity contribution >= 4 is 34.8 Å². The predicted molar refractivity (Wildman–Crippen MR) is 119 cm³/mol. The topological polar surface area (TPSA) is 82.3 Å². The lowest BCUT2D eigenvalue weighted by atomic mass is 10.2. The van der Waals surface area contributed by atoms with E-state index in [-0.39, 0.29) is 12.1 Å². The molecule has 0 aliphatic heterocycles. The minimum absolute atomic E-state index is 0.347. The summed E-state index contributed by atoms with van der Waals surface area (Å²) in [4.78, 5) is 24.6. The van der Waals surface area contributed by atoms with Crippen LogP contribution in [-0.2, 0) is 0 Å². The van der Waals surface area contributed by atoms with Gasteiger partial charge in [0.25, 0.3) is 0 Å². The standard InChI is InChI=1S/C23H24N4O2/c1-15-6-4-8-18(12-15)24-22(28)26-20-11-10-17(3)21(14-20)27-23(29)25-19-9-5-7-16(2)13-19/h4-14H,1-3H3,(H2,24,26,28)(H2,25,27,29). The summed E-state index contributed by atoms with van der Waals surface area (Å²) in [6.45, 7) is 5.81. The van der Waals surface area contributed by atoms with Gasteiger partial charge in [-0.15, -0.1) is 0 Å². The number of urea groups is 2. The molecule has 0 saturated heterocycles. The van der Waals surface area contributed by atoms with Crippen LogP contribution in [0.1, 0.15) is 16.7 Å². The molecule has 0 unspecified atom stereocenters. The molecule has 0 spiro atoms. The molecule has 4 N–H and O–H groups in total. The zero-order valence-corrected chi connectivity index (χ0v) is 16.7. The second kappa shape index (κ2) is 8.93. The van der Waals surface area contributed by atoms with Crippen molar-refractivity contribution in [1.29, 1.82) is 0 Å². The van der Waals surface area contributed by atoms with E-state index in [0.29, 0.717) is 22.7 Å². The zero-order chi connectivity index (χ0) is 20.8. The normalized spacial score (nSPS) is 10.2. The molecule has 4 amide bonds. The van der Waals surface area contributed by atoms with E-state index in [1.807, 2.05) is 75.4 Å². The van der Waals surface area contributed by atoms with E-state index in [4.69, 9.17) is 0 Å². The Balaban J connectivity index is 1.64. The number of aryl methyl sites for hydroxylation is 3. The highest BCUT2D eigenvalue weighted by molar-refractivity contribution is 6.02. The predicted octanol–water partition coefficient (Wildman–Crippen LogP) is 5.90. The Bertz CT molecular complexity index is 1050. The van der Waals surface area contributed by atoms with Gasteiger partial charge in [0.2, 0.25) is 0 Å². The van der Waals surface area contributed by atoms with E-state index < -0.39 is 0 Å². The summed E-state index contributed by atoms with van der Waals surface area (Å²) >= 11 is 0. The molecule has 6 heteroatoms. The number of hydrogen-bond donors (Lipinski definition) is 4. The Hall–Kier alpha value is -3.80. The fourth-order valence-electron chi connectivity index (χ4n) is 2.86. The Morgan fingerprint density at radius 1 is 0.586 bits per heavy atom. The average molecular weight is 388 g/mol. The Labute approximate surface area is 170 Å². The largest absolute Gasteiger partial charge is 0.323 e. The van der Waals surface area contributed by atoms with Crippen LogP contribution in [0.25, 0.3) is 0 Å². The number of carbonyl (C=O) groups is 2. The maximum Gasteiger partial charge on any atom is 0.323 e. The van der Waals surface area contributed by atoms with Crippen molar-refractivity contribution in [2.24, 2.45) is 0 Å². The highest BCUT2D eigenvalue weighted by Gasteiger charge is 2.08. The Morgan fingerprint density at radius 3 is 1.59 bits per heavy atom. The van der Waals surface area contributed by atoms with Crippen LogP contribution in [0.4, 0.5) is 32.3 Å². The molecule has 3 aromatic rings. The van der Waals surface area contributed by atoms with E-state index in [2.05, 4.69) is 21.3 Å². The molecule has 29 heavy (non-hydrogen) atoms. The lowest BCUT2D eigenvalue weighted by Gasteiger charge is -2.13. The van der Waals surface area contributed by atoms with Gasteiger partial charge in [0, 0.05) is 22.7 Å². The first-order valence-corrected chi connectivity index (χ1v) is 9.29. The first-order valence-electron chi connectivity index (χ1n) is 9.29. The van der Waals surface area contributed by atoms with Gasteiger partial charge in [-0.05, 0) is 73.9 Å². The fourth-order valence-corrected chi connectivity index (χ4v) is 2.86. The third-order valence-electron chi connectivity index (χ3n) is 4.30. The Morgan fingerprint density at radius 2 is 1.07 bits per heavy atom. The molecule has 0 radical (unpaired) electrons. The smallest absolute Gasteiger partial charge is 0.308 e. The van der Waals surface area contributed by atoms with Gasteiger partial charge in [0.15, 0.2) is 0 Å². The van der Waals surface area contributed by atoms with Crippen LogP contribution in [0.15, 0.2) is 66.7 Å². The van der Waals surface area contributed by atoms with Crippen molar-refractivity contribution in [1.82, 2.24) is 0 Å². The summed E-state index contributed by atoms with van der Waals surface area (Å²) in [5, 5.41) is 11.2. The maximum absolute atomic E-state index is 12.3. The van der Waals surface area contributed by atoms with E-state index >= 15 is 0 Å². The van der Waals surface area contributed by atoms with E-state index in [0.717, 1.165) is 16.7 Å². The van der Waals surface area contributed by atoms with Crippen LogP contribution in [0.5, 0.6) is 0 Å². The molecule has 0 aliphatic carbocycles. The molecule has 0 fully saturated rings. The van der Waals surface area contributed by atoms with Crippen molar-refractivity contribution in [3.05, 3.63) is 83.4 Å². The van der Waals surface area contributed by atoms with Gasteiger partial charge in [-0.3, -0.25) is 0 Å². The van der Waals surface area contributed by atoms with Crippen molar-refractivity contribution in [2.45, 2.75) is 20.8 Å². The van der Waals surface area contributed by atoms with Crippen LogP contribution in [-0.4, -0.2) is 12.1 Å². The number of nitrogens with one attached hydrogen (secondary N) is 4. The van der Waals surface area contributed by atoms with Crippen molar-refractivity contribution in [3.63, 3.8) is 0 Å². The molecular weight excluding hydrogens is 364 g/mol. The third-order valence-corrected chi connectivity index (χ3v) is 4.30. The van der Waals surface area contributed by atoms with Crippen molar-refractivity contribution in [3.8, 4) is 0 Å². The van der Waals surface area contributed by atoms with E-state index in [1.165, 1.54) is 0 Å². The number of amides is 4. The van der Waals surface area contributed by atoms with Crippen molar-refractivity contribution < 1.29 is 9.59 Å². The van der Waals surface area contributed by atoms with Crippen LogP contribution in [0.2, 0.25) is 0 Å². The molecule has 3 aromatic carbocycles. The Kier molecular flexibility index (Phi) is 6.14. The van der Waals surface area contributed by atoms with Gasteiger partial charge in [0.1, 0.15) is 0 Å². The molecule has 0 aromatic heterocycles. The van der Waals surface area contributed by atoms with Gasteiger partial charge < -0.3 is 21.3 Å². The summed E-state index contributed by atoms with van der Waals surface area (Å²) in [6.07, 6.45) is 0. The molecule has 0 bridgehead atoms. The van der Waals surface area contributed by atoms with Crippen LogP contribution >= 0.6 is 0 Å². The van der Waals surface area contributed by atoms with Gasteiger partial charge >= 0.3 is 12.1 Å². The first kappa shape index (κ1) is 19.9. The summed E-state index contributed by atoms with van der Waals surface area (Å²) < 4.78 is 0. The maximum atomic E-state index is 12.3. The van der Waals surface area contributed by atoms with E-state index in [1.54, 1.807) is 12.1 Å². The molecular formula is C23H24N4O2. The molecule has 148 valence electrons. The number of benzene rings is 3. The summed E-state index contributed by atoms with van der Waals surface area (Å²) in [5.41, 5.74) is 5.62. The van der Waals surface area contributed by atoms with Crippen LogP contribution in [0.3, 0.4) is 0 Å². The highest BCUT2D eigenvalue weighted by atomic mass is 16.2. The summed E-state index contributed by atoms with van der Waals surface area (Å²) in [5.74, 6) is 0. The zero-order valence-electron chi connectivity index (χ0n) is 16.7. The molecule has 0 heterocycles. The average Bonchev–Trinajstić information content (AvgIpc) is 2.64. The number of hydrogen-bond acceptors (Lipinski definition) is 2. The lowest BCUT2D eigenvalue weighted by molar-refractivity contribution is 0.261. The second-order valence-electron chi connectivity index (χ2n) is 6.93. The van der Waals surface area contributed by atoms with Gasteiger partial charge in [-0.2, -0.15) is 0 Å². The number of anilines is 4. The fraction of sp³-hybridized carbons (Fsp3) is 0.130. The molecule has 0 saturated carbocycles. The first-order chi connectivity index (χ1) is 13.9. The van der Waals surface area contributed by atoms with Crippen LogP contribution in [0, 0.1) is 20.8 Å². The molecule has 0 atom stereocenters. The third kappa shape index (κ3) is 5.84. The SMILES string of the molecule is Cc1cccc(NC(=O)Nc2ccc(C)c(NC(=O)Nc3cccc(C)c3)c2)c1. The molecule has 0 aliphatic rings. The van der Waals surface area contributed by atoms with Gasteiger partial charge in [-0.25, -0.2) is 9.59 Å². The lowest BCUT2D eigenvalue weighted by Crippen LogP contribution is -2.21. The van der Waals surface area contributed by atoms with Crippen molar-refractivity contribution in [2.75, 3.05) is 21.3 Å².